The Kier molecular flexibility index (Phi) is 6.27. The third-order valence-electron chi connectivity index (χ3n) is 2.58. The van der Waals surface area contributed by atoms with E-state index in [0.29, 0.717) is 24.2 Å². The van der Waals surface area contributed by atoms with Gasteiger partial charge in [-0.3, -0.25) is 9.59 Å². The molecule has 106 valence electrons. The minimum absolute atomic E-state index is 0.128. The summed E-state index contributed by atoms with van der Waals surface area (Å²) in [4.78, 5) is 22.7. The smallest absolute Gasteiger partial charge is 0.251 e. The summed E-state index contributed by atoms with van der Waals surface area (Å²) in [7, 11) is 0. The number of hydrogen-bond donors (Lipinski definition) is 3. The van der Waals surface area contributed by atoms with E-state index >= 15 is 0 Å². The molecule has 0 spiro atoms. The highest BCUT2D eigenvalue weighted by Crippen LogP contribution is 2.10. The lowest BCUT2D eigenvalue weighted by Gasteiger charge is -2.08. The van der Waals surface area contributed by atoms with Crippen molar-refractivity contribution in [1.82, 2.24) is 10.6 Å². The van der Waals surface area contributed by atoms with Crippen LogP contribution in [0.15, 0.2) is 18.2 Å². The number of rotatable bonds is 4. The van der Waals surface area contributed by atoms with E-state index in [-0.39, 0.29) is 18.4 Å². The van der Waals surface area contributed by atoms with E-state index in [0.717, 1.165) is 5.56 Å². The Morgan fingerprint density at radius 2 is 1.95 bits per heavy atom. The summed E-state index contributed by atoms with van der Waals surface area (Å²) in [5, 5.41) is 14.0. The van der Waals surface area contributed by atoms with Crippen LogP contribution in [0.3, 0.4) is 0 Å². The Balaban J connectivity index is 2.69. The highest BCUT2D eigenvalue weighted by atomic mass is 16.2. The Bertz CT molecular complexity index is 556. The number of amides is 2. The molecular weight excluding hydrogens is 256 g/mol. The topological polar surface area (TPSA) is 78.4 Å². The molecule has 1 aromatic carbocycles. The maximum atomic E-state index is 12.0. The minimum Gasteiger partial charge on any atom is -0.384 e. The van der Waals surface area contributed by atoms with Crippen LogP contribution in [0.5, 0.6) is 0 Å². The predicted octanol–water partition coefficient (Wildman–Crippen LogP) is 0.205. The predicted molar refractivity (Wildman–Crippen MR) is 76.2 cm³/mol. The van der Waals surface area contributed by atoms with E-state index < -0.39 is 0 Å². The van der Waals surface area contributed by atoms with Crippen LogP contribution in [0.4, 0.5) is 0 Å². The summed E-state index contributed by atoms with van der Waals surface area (Å²) in [5.41, 5.74) is 2.06. The van der Waals surface area contributed by atoms with E-state index in [1.807, 2.05) is 13.0 Å². The zero-order chi connectivity index (χ0) is 15.0. The second-order valence-corrected chi connectivity index (χ2v) is 4.23. The first-order valence-corrected chi connectivity index (χ1v) is 6.27. The monoisotopic (exact) mass is 274 g/mol. The fourth-order valence-electron chi connectivity index (χ4n) is 1.60. The summed E-state index contributed by atoms with van der Waals surface area (Å²) >= 11 is 0. The van der Waals surface area contributed by atoms with Crippen molar-refractivity contribution in [2.75, 3.05) is 19.7 Å². The fraction of sp³-hybridized carbons (Fsp3) is 0.333. The maximum absolute atomic E-state index is 12.0. The molecule has 0 aliphatic rings. The number of aliphatic hydroxyl groups excluding tert-OH is 1. The molecule has 0 aliphatic carbocycles. The number of hydrogen-bond acceptors (Lipinski definition) is 3. The summed E-state index contributed by atoms with van der Waals surface area (Å²) < 4.78 is 0. The highest BCUT2D eigenvalue weighted by molar-refractivity contribution is 5.96. The minimum atomic E-state index is -0.216. The van der Waals surface area contributed by atoms with Crippen molar-refractivity contribution in [2.45, 2.75) is 13.8 Å². The summed E-state index contributed by atoms with van der Waals surface area (Å²) in [6.45, 7) is 3.81. The van der Waals surface area contributed by atoms with E-state index in [1.165, 1.54) is 6.92 Å². The Morgan fingerprint density at radius 3 is 2.60 bits per heavy atom. The summed E-state index contributed by atoms with van der Waals surface area (Å²) in [6.07, 6.45) is 0. The van der Waals surface area contributed by atoms with Gasteiger partial charge >= 0.3 is 0 Å². The van der Waals surface area contributed by atoms with Gasteiger partial charge in [0.15, 0.2) is 0 Å². The first kappa shape index (κ1) is 15.7. The van der Waals surface area contributed by atoms with Crippen molar-refractivity contribution in [2.24, 2.45) is 0 Å². The Morgan fingerprint density at radius 1 is 1.25 bits per heavy atom. The van der Waals surface area contributed by atoms with Gasteiger partial charge in [0.2, 0.25) is 5.91 Å². The molecule has 1 aromatic rings. The van der Waals surface area contributed by atoms with Gasteiger partial charge in [0.1, 0.15) is 6.61 Å². The summed E-state index contributed by atoms with van der Waals surface area (Å²) in [6, 6.07) is 5.29. The molecule has 2 amide bonds. The lowest BCUT2D eigenvalue weighted by Crippen LogP contribution is -2.33. The van der Waals surface area contributed by atoms with E-state index in [2.05, 4.69) is 22.5 Å². The number of carbonyl (C=O) groups excluding carboxylic acids is 2. The standard InChI is InChI=1S/C15H18N2O3/c1-11-5-6-13(4-3-9-18)10-14(11)15(20)17-8-7-16-12(2)19/h5-6,10,18H,7-9H2,1-2H3,(H,16,19)(H,17,20). The third kappa shape index (κ3) is 5.12. The molecule has 0 saturated heterocycles. The molecule has 0 bridgehead atoms. The average molecular weight is 274 g/mol. The molecule has 0 unspecified atom stereocenters. The number of nitrogens with one attached hydrogen (secondary N) is 2. The van der Waals surface area contributed by atoms with Gasteiger partial charge in [0.25, 0.3) is 5.91 Å². The van der Waals surface area contributed by atoms with Crippen LogP contribution in [0.1, 0.15) is 28.4 Å². The highest BCUT2D eigenvalue weighted by Gasteiger charge is 2.08. The van der Waals surface area contributed by atoms with Crippen LogP contribution in [-0.4, -0.2) is 36.6 Å². The number of carbonyl (C=O) groups is 2. The zero-order valence-electron chi connectivity index (χ0n) is 11.6. The van der Waals surface area contributed by atoms with Gasteiger partial charge in [0.05, 0.1) is 0 Å². The van der Waals surface area contributed by atoms with Gasteiger partial charge in [-0.2, -0.15) is 0 Å². The van der Waals surface area contributed by atoms with Crippen molar-refractivity contribution in [3.05, 3.63) is 34.9 Å². The van der Waals surface area contributed by atoms with Crippen molar-refractivity contribution >= 4 is 11.8 Å². The molecule has 0 radical (unpaired) electrons. The number of aliphatic hydroxyl groups is 1. The van der Waals surface area contributed by atoms with Crippen LogP contribution < -0.4 is 10.6 Å². The van der Waals surface area contributed by atoms with Crippen molar-refractivity contribution in [3.63, 3.8) is 0 Å². The summed E-state index contributed by atoms with van der Waals surface area (Å²) in [5.74, 6) is 4.97. The van der Waals surface area contributed by atoms with E-state index in [4.69, 9.17) is 5.11 Å². The Labute approximate surface area is 118 Å². The van der Waals surface area contributed by atoms with Gasteiger partial charge in [-0.15, -0.1) is 0 Å². The molecule has 1 rings (SSSR count). The largest absolute Gasteiger partial charge is 0.384 e. The van der Waals surface area contributed by atoms with Gasteiger partial charge < -0.3 is 15.7 Å². The lowest BCUT2D eigenvalue weighted by molar-refractivity contribution is -0.118. The number of aryl methyl sites for hydroxylation is 1. The van der Waals surface area contributed by atoms with Crippen molar-refractivity contribution in [1.29, 1.82) is 0 Å². The normalized spacial score (nSPS) is 9.35. The molecule has 5 heteroatoms. The fourth-order valence-corrected chi connectivity index (χ4v) is 1.60. The first-order chi connectivity index (χ1) is 9.54. The molecule has 0 atom stereocenters. The van der Waals surface area contributed by atoms with Crippen LogP contribution in [-0.2, 0) is 4.79 Å². The van der Waals surface area contributed by atoms with Gasteiger partial charge in [-0.05, 0) is 24.6 Å². The van der Waals surface area contributed by atoms with Gasteiger partial charge in [0, 0.05) is 31.1 Å². The molecule has 5 nitrogen and oxygen atoms in total. The van der Waals surface area contributed by atoms with E-state index in [1.54, 1.807) is 12.1 Å². The Hall–Kier alpha value is -2.32. The molecule has 0 heterocycles. The zero-order valence-corrected chi connectivity index (χ0v) is 11.6. The molecule has 0 fully saturated rings. The average Bonchev–Trinajstić information content (AvgIpc) is 2.42. The van der Waals surface area contributed by atoms with Crippen LogP contribution in [0.25, 0.3) is 0 Å². The van der Waals surface area contributed by atoms with Crippen LogP contribution >= 0.6 is 0 Å². The van der Waals surface area contributed by atoms with Crippen LogP contribution in [0.2, 0.25) is 0 Å². The molecule has 20 heavy (non-hydrogen) atoms. The van der Waals surface area contributed by atoms with Crippen molar-refractivity contribution in [3.8, 4) is 11.8 Å². The SMILES string of the molecule is CC(=O)NCCNC(=O)c1cc(C#CCO)ccc1C. The van der Waals surface area contributed by atoms with Gasteiger partial charge in [-0.25, -0.2) is 0 Å². The second-order valence-electron chi connectivity index (χ2n) is 4.23. The van der Waals surface area contributed by atoms with Crippen molar-refractivity contribution < 1.29 is 14.7 Å². The van der Waals surface area contributed by atoms with E-state index in [9.17, 15) is 9.59 Å². The van der Waals surface area contributed by atoms with Gasteiger partial charge in [-0.1, -0.05) is 17.9 Å². The first-order valence-electron chi connectivity index (χ1n) is 6.27. The molecule has 0 aliphatic heterocycles. The van der Waals surface area contributed by atoms with Crippen LogP contribution in [0, 0.1) is 18.8 Å². The molecule has 3 N–H and O–H groups in total. The quantitative estimate of drug-likeness (QED) is 0.542. The maximum Gasteiger partial charge on any atom is 0.251 e. The lowest BCUT2D eigenvalue weighted by atomic mass is 10.0. The number of benzene rings is 1. The molecule has 0 aromatic heterocycles. The molecule has 0 saturated carbocycles. The third-order valence-corrected chi connectivity index (χ3v) is 2.58. The molecular formula is C15H18N2O3. The second kappa shape index (κ2) is 7.97.